The number of nitrogens with one attached hydrogen (secondary N) is 2. The van der Waals surface area contributed by atoms with Gasteiger partial charge in [0.15, 0.2) is 5.76 Å². The fraction of sp³-hybridized carbons (Fsp3) is 0.370. The van der Waals surface area contributed by atoms with E-state index in [0.717, 1.165) is 16.2 Å². The van der Waals surface area contributed by atoms with Gasteiger partial charge < -0.3 is 19.7 Å². The number of rotatable bonds is 11. The Morgan fingerprint density at radius 2 is 1.74 bits per heavy atom. The van der Waals surface area contributed by atoms with Gasteiger partial charge in [-0.25, -0.2) is 22.7 Å². The monoisotopic (exact) mass is 575 g/mol. The normalized spacial score (nSPS) is 12.4. The van der Waals surface area contributed by atoms with Crippen molar-refractivity contribution in [1.82, 2.24) is 14.9 Å². The van der Waals surface area contributed by atoms with Gasteiger partial charge in [0.1, 0.15) is 10.3 Å². The van der Waals surface area contributed by atoms with Crippen molar-refractivity contribution >= 4 is 39.3 Å². The smallest absolute Gasteiger partial charge is 0.328 e. The number of furan rings is 1. The molecule has 2 aromatic heterocycles. The number of benzene rings is 1. The summed E-state index contributed by atoms with van der Waals surface area (Å²) in [4.78, 5) is 39.2. The van der Waals surface area contributed by atoms with Gasteiger partial charge in [0.2, 0.25) is 0 Å². The van der Waals surface area contributed by atoms with E-state index in [1.54, 1.807) is 44.2 Å². The molecule has 1 aromatic carbocycles. The number of nitrogens with zero attached hydrogens (tertiary/aromatic N) is 1. The number of amides is 3. The second kappa shape index (κ2) is 12.5. The summed E-state index contributed by atoms with van der Waals surface area (Å²) in [5.74, 6) is -1.72. The van der Waals surface area contributed by atoms with Crippen LogP contribution in [0, 0.1) is 11.8 Å². The number of sulfonamides is 1. The third-order valence-corrected chi connectivity index (χ3v) is 8.91. The van der Waals surface area contributed by atoms with Crippen molar-refractivity contribution in [1.29, 1.82) is 0 Å². The summed E-state index contributed by atoms with van der Waals surface area (Å²) in [7, 11) is -2.80. The molecule has 12 heteroatoms. The van der Waals surface area contributed by atoms with Crippen LogP contribution in [-0.4, -0.2) is 49.4 Å². The molecule has 3 aromatic rings. The molecule has 2 heterocycles. The molecule has 3 amide bonds. The molecule has 39 heavy (non-hydrogen) atoms. The minimum atomic E-state index is -4.13. The third kappa shape index (κ3) is 7.27. The largest absolute Gasteiger partial charge is 0.480 e. The van der Waals surface area contributed by atoms with Gasteiger partial charge in [0, 0.05) is 24.0 Å². The number of aliphatic carboxylic acids is 1. The van der Waals surface area contributed by atoms with Gasteiger partial charge in [-0.2, -0.15) is 0 Å². The van der Waals surface area contributed by atoms with E-state index in [-0.39, 0.29) is 22.4 Å². The molecule has 3 N–H and O–H groups in total. The zero-order chi connectivity index (χ0) is 28.9. The van der Waals surface area contributed by atoms with Crippen molar-refractivity contribution in [3.63, 3.8) is 0 Å². The lowest BCUT2D eigenvalue weighted by Crippen LogP contribution is -2.47. The number of thiophene rings is 1. The van der Waals surface area contributed by atoms with Crippen LogP contribution in [0.1, 0.15) is 48.7 Å². The van der Waals surface area contributed by atoms with Crippen molar-refractivity contribution < 1.29 is 32.3 Å². The number of urea groups is 1. The lowest BCUT2D eigenvalue weighted by atomic mass is 10.0. The van der Waals surface area contributed by atoms with Crippen LogP contribution in [0.15, 0.2) is 57.4 Å². The summed E-state index contributed by atoms with van der Waals surface area (Å²) < 4.78 is 33.3. The van der Waals surface area contributed by atoms with Gasteiger partial charge in [-0.3, -0.25) is 4.79 Å². The zero-order valence-electron chi connectivity index (χ0n) is 22.4. The molecule has 0 aliphatic heterocycles. The number of hydrogen-bond donors (Lipinski definition) is 3. The first-order valence-corrected chi connectivity index (χ1v) is 14.7. The molecule has 1 atom stereocenters. The number of hydrogen-bond acceptors (Lipinski definition) is 7. The highest BCUT2D eigenvalue weighted by molar-refractivity contribution is 7.92. The van der Waals surface area contributed by atoms with E-state index in [0.29, 0.717) is 29.0 Å². The Hall–Kier alpha value is -3.64. The van der Waals surface area contributed by atoms with E-state index in [4.69, 9.17) is 4.42 Å². The Balaban J connectivity index is 1.99. The maximum atomic E-state index is 13.2. The van der Waals surface area contributed by atoms with Gasteiger partial charge in [-0.1, -0.05) is 52.0 Å². The van der Waals surface area contributed by atoms with Gasteiger partial charge in [0.25, 0.3) is 15.9 Å². The van der Waals surface area contributed by atoms with Crippen LogP contribution in [0.25, 0.3) is 11.1 Å². The second-order valence-corrected chi connectivity index (χ2v) is 12.8. The van der Waals surface area contributed by atoms with Gasteiger partial charge in [-0.05, 0) is 47.6 Å². The molecule has 0 saturated carbocycles. The number of carbonyl (C=O) groups is 3. The topological polar surface area (TPSA) is 146 Å². The van der Waals surface area contributed by atoms with Crippen LogP contribution >= 0.6 is 11.3 Å². The first kappa shape index (κ1) is 29.9. The van der Waals surface area contributed by atoms with Gasteiger partial charge in [0.05, 0.1) is 6.26 Å². The van der Waals surface area contributed by atoms with Crippen molar-refractivity contribution in [3.05, 3.63) is 64.9 Å². The van der Waals surface area contributed by atoms with Crippen LogP contribution in [0.2, 0.25) is 0 Å². The van der Waals surface area contributed by atoms with Crippen molar-refractivity contribution in [2.75, 3.05) is 7.05 Å². The molecule has 210 valence electrons. The Labute approximate surface area is 232 Å². The molecule has 0 saturated heterocycles. The van der Waals surface area contributed by atoms with Crippen LogP contribution in [0.5, 0.6) is 0 Å². The fourth-order valence-corrected chi connectivity index (χ4v) is 7.06. The van der Waals surface area contributed by atoms with Crippen molar-refractivity contribution in [2.24, 2.45) is 11.8 Å². The standard InChI is InChI=1S/C27H33N3O7S2/c1-16(2)13-20-14-21(26(38-20)39(35,36)29-27(34)28-5)19-10-8-18(9-11-19)15-30(23(17(3)4)25(32)33)24(31)22-7-6-12-37-22/h6-12,14,16-17,23H,13,15H2,1-5H3,(H,32,33)(H2,28,29,34). The zero-order valence-corrected chi connectivity index (χ0v) is 24.1. The molecular weight excluding hydrogens is 542 g/mol. The van der Waals surface area contributed by atoms with Crippen LogP contribution in [0.4, 0.5) is 4.79 Å². The summed E-state index contributed by atoms with van der Waals surface area (Å²) in [6.45, 7) is 7.51. The SMILES string of the molecule is CNC(=O)NS(=O)(=O)c1sc(CC(C)C)cc1-c1ccc(CN(C(=O)c2ccco2)C(C(=O)O)C(C)C)cc1. The van der Waals surface area contributed by atoms with Gasteiger partial charge in [-0.15, -0.1) is 11.3 Å². The predicted octanol–water partition coefficient (Wildman–Crippen LogP) is 4.58. The van der Waals surface area contributed by atoms with Crippen molar-refractivity contribution in [2.45, 2.75) is 50.9 Å². The van der Waals surface area contributed by atoms with E-state index >= 15 is 0 Å². The fourth-order valence-electron chi connectivity index (χ4n) is 4.15. The number of carbonyl (C=O) groups excluding carboxylic acids is 2. The van der Waals surface area contributed by atoms with Gasteiger partial charge >= 0.3 is 12.0 Å². The summed E-state index contributed by atoms with van der Waals surface area (Å²) in [5.41, 5.74) is 1.70. The Morgan fingerprint density at radius 3 is 2.26 bits per heavy atom. The summed E-state index contributed by atoms with van der Waals surface area (Å²) in [5, 5.41) is 12.1. The highest BCUT2D eigenvalue weighted by Crippen LogP contribution is 2.36. The van der Waals surface area contributed by atoms with E-state index in [2.05, 4.69) is 5.32 Å². The molecule has 1 unspecified atom stereocenters. The first-order valence-electron chi connectivity index (χ1n) is 12.4. The predicted molar refractivity (Wildman–Crippen MR) is 148 cm³/mol. The summed E-state index contributed by atoms with van der Waals surface area (Å²) in [6.07, 6.45) is 2.02. The highest BCUT2D eigenvalue weighted by atomic mass is 32.2. The molecule has 3 rings (SSSR count). The molecule has 0 radical (unpaired) electrons. The molecule has 10 nitrogen and oxygen atoms in total. The summed E-state index contributed by atoms with van der Waals surface area (Å²) >= 11 is 1.11. The van der Waals surface area contributed by atoms with E-state index in [9.17, 15) is 27.9 Å². The van der Waals surface area contributed by atoms with Crippen molar-refractivity contribution in [3.8, 4) is 11.1 Å². The average molecular weight is 576 g/mol. The maximum absolute atomic E-state index is 13.2. The molecule has 0 aliphatic rings. The number of carboxylic acid groups (broad SMARTS) is 1. The Kier molecular flexibility index (Phi) is 9.57. The quantitative estimate of drug-likeness (QED) is 0.303. The molecule has 0 fully saturated rings. The molecule has 0 spiro atoms. The first-order chi connectivity index (χ1) is 18.3. The maximum Gasteiger partial charge on any atom is 0.328 e. The Morgan fingerprint density at radius 1 is 1.08 bits per heavy atom. The third-order valence-electron chi connectivity index (χ3n) is 5.89. The number of carboxylic acids is 1. The molecular formula is C27H33N3O7S2. The molecule has 0 bridgehead atoms. The summed E-state index contributed by atoms with van der Waals surface area (Å²) in [6, 6.07) is 9.80. The molecule has 0 aliphatic carbocycles. The Bertz CT molecular complexity index is 1410. The van der Waals surface area contributed by atoms with E-state index in [1.807, 2.05) is 24.6 Å². The average Bonchev–Trinajstić information content (AvgIpc) is 3.53. The van der Waals surface area contributed by atoms with Crippen LogP contribution in [-0.2, 0) is 27.8 Å². The van der Waals surface area contributed by atoms with Crippen LogP contribution in [0.3, 0.4) is 0 Å². The highest BCUT2D eigenvalue weighted by Gasteiger charge is 2.34. The van der Waals surface area contributed by atoms with Crippen LogP contribution < -0.4 is 10.0 Å². The van der Waals surface area contributed by atoms with E-state index < -0.39 is 34.0 Å². The second-order valence-electron chi connectivity index (χ2n) is 9.83. The minimum Gasteiger partial charge on any atom is -0.480 e. The lowest BCUT2D eigenvalue weighted by Gasteiger charge is -2.31. The van der Waals surface area contributed by atoms with E-state index in [1.165, 1.54) is 24.3 Å². The minimum absolute atomic E-state index is 0.000574. The lowest BCUT2D eigenvalue weighted by molar-refractivity contribution is -0.144.